The molecule has 0 bridgehead atoms. The number of halogens is 3. The summed E-state index contributed by atoms with van der Waals surface area (Å²) in [7, 11) is 0. The van der Waals surface area contributed by atoms with Crippen LogP contribution in [0.2, 0.25) is 0 Å². The molecule has 0 saturated carbocycles. The van der Waals surface area contributed by atoms with Crippen LogP contribution in [0.4, 0.5) is 18.9 Å². The second-order valence-corrected chi connectivity index (χ2v) is 7.93. The number of benzene rings is 1. The molecule has 1 aliphatic rings. The minimum absolute atomic E-state index is 0.000333. The Hall–Kier alpha value is -2.53. The molecule has 2 N–H and O–H groups in total. The van der Waals surface area contributed by atoms with E-state index in [9.17, 15) is 22.8 Å². The van der Waals surface area contributed by atoms with Crippen molar-refractivity contribution in [1.29, 1.82) is 0 Å². The lowest BCUT2D eigenvalue weighted by Gasteiger charge is -2.22. The number of aliphatic hydroxyl groups is 1. The highest BCUT2D eigenvalue weighted by atomic mass is 32.2. The number of amides is 1. The largest absolute Gasteiger partial charge is 0.573 e. The Morgan fingerprint density at radius 2 is 1.94 bits per heavy atom. The number of aromatic nitrogens is 2. The molecule has 1 aromatic heterocycles. The Balaban J connectivity index is 1.65. The standard InChI is InChI=1S/C20H22F3N3O4S/c21-20(22,23)30-14-8-6-13(7-9-14)24-17(28)12-31-18-15-4-1-2-5-16(15)26(10-3-11-27)19(29)25-18/h6-9,27H,1-5,10-12H2,(H,24,28). The molecule has 0 saturated heterocycles. The van der Waals surface area contributed by atoms with E-state index in [1.807, 2.05) is 0 Å². The predicted octanol–water partition coefficient (Wildman–Crippen LogP) is 3.13. The third kappa shape index (κ3) is 6.47. The van der Waals surface area contributed by atoms with E-state index < -0.39 is 12.1 Å². The summed E-state index contributed by atoms with van der Waals surface area (Å²) in [5.41, 5.74) is 1.82. The number of nitrogens with one attached hydrogen (secondary N) is 1. The fraction of sp³-hybridized carbons (Fsp3) is 0.450. The van der Waals surface area contributed by atoms with Crippen molar-refractivity contribution in [2.45, 2.75) is 50.0 Å². The van der Waals surface area contributed by atoms with Crippen molar-refractivity contribution >= 4 is 23.4 Å². The maximum atomic E-state index is 12.4. The second kappa shape index (κ2) is 10.2. The molecule has 0 unspecified atom stereocenters. The van der Waals surface area contributed by atoms with Crippen LogP contribution in [0.1, 0.15) is 30.5 Å². The lowest BCUT2D eigenvalue weighted by atomic mass is 9.97. The van der Waals surface area contributed by atoms with Crippen molar-refractivity contribution in [2.24, 2.45) is 0 Å². The van der Waals surface area contributed by atoms with E-state index in [1.54, 1.807) is 4.57 Å². The fourth-order valence-electron chi connectivity index (χ4n) is 3.40. The van der Waals surface area contributed by atoms with Crippen molar-refractivity contribution in [2.75, 3.05) is 17.7 Å². The van der Waals surface area contributed by atoms with E-state index >= 15 is 0 Å². The first kappa shape index (κ1) is 23.1. The molecular formula is C20H22F3N3O4S. The predicted molar refractivity (Wildman–Crippen MR) is 109 cm³/mol. The second-order valence-electron chi connectivity index (χ2n) is 6.97. The molecule has 168 valence electrons. The highest BCUT2D eigenvalue weighted by Crippen LogP contribution is 2.29. The zero-order valence-corrected chi connectivity index (χ0v) is 17.4. The Morgan fingerprint density at radius 3 is 2.61 bits per heavy atom. The summed E-state index contributed by atoms with van der Waals surface area (Å²) in [5.74, 6) is -0.747. The van der Waals surface area contributed by atoms with Gasteiger partial charge < -0.3 is 15.2 Å². The molecule has 0 fully saturated rings. The van der Waals surface area contributed by atoms with Gasteiger partial charge in [-0.2, -0.15) is 4.98 Å². The van der Waals surface area contributed by atoms with Crippen LogP contribution in [0.25, 0.3) is 0 Å². The number of hydrogen-bond donors (Lipinski definition) is 2. The average molecular weight is 457 g/mol. The average Bonchev–Trinajstić information content (AvgIpc) is 2.72. The molecule has 0 atom stereocenters. The third-order valence-corrected chi connectivity index (χ3v) is 5.72. The van der Waals surface area contributed by atoms with Crippen molar-refractivity contribution in [1.82, 2.24) is 9.55 Å². The quantitative estimate of drug-likeness (QED) is 0.467. The molecule has 1 heterocycles. The number of thioether (sulfide) groups is 1. The summed E-state index contributed by atoms with van der Waals surface area (Å²) < 4.78 is 42.0. The fourth-order valence-corrected chi connectivity index (χ4v) is 4.27. The number of rotatable bonds is 8. The Kier molecular flexibility index (Phi) is 7.60. The van der Waals surface area contributed by atoms with Gasteiger partial charge in [0, 0.05) is 30.1 Å². The van der Waals surface area contributed by atoms with E-state index in [2.05, 4.69) is 15.0 Å². The number of carbonyl (C=O) groups is 1. The summed E-state index contributed by atoms with van der Waals surface area (Å²) in [4.78, 5) is 28.9. The highest BCUT2D eigenvalue weighted by Gasteiger charge is 2.31. The van der Waals surface area contributed by atoms with Gasteiger partial charge in [-0.1, -0.05) is 11.8 Å². The van der Waals surface area contributed by atoms with Crippen LogP contribution >= 0.6 is 11.8 Å². The van der Waals surface area contributed by atoms with Gasteiger partial charge in [-0.3, -0.25) is 9.36 Å². The van der Waals surface area contributed by atoms with Crippen LogP contribution in [0.5, 0.6) is 5.75 Å². The molecule has 1 aromatic carbocycles. The molecule has 1 aliphatic carbocycles. The summed E-state index contributed by atoms with van der Waals surface area (Å²) in [5, 5.41) is 12.2. The lowest BCUT2D eigenvalue weighted by Crippen LogP contribution is -2.30. The molecule has 3 rings (SSSR count). The normalized spacial score (nSPS) is 13.5. The number of aliphatic hydroxyl groups excluding tert-OH is 1. The zero-order chi connectivity index (χ0) is 22.4. The number of ether oxygens (including phenoxy) is 1. The van der Waals surface area contributed by atoms with Crippen LogP contribution in [-0.4, -0.2) is 39.3 Å². The van der Waals surface area contributed by atoms with Crippen LogP contribution in [-0.2, 0) is 24.2 Å². The molecule has 0 spiro atoms. The third-order valence-electron chi connectivity index (χ3n) is 4.70. The first-order valence-corrected chi connectivity index (χ1v) is 10.8. The Morgan fingerprint density at radius 1 is 1.23 bits per heavy atom. The molecule has 7 nitrogen and oxygen atoms in total. The monoisotopic (exact) mass is 457 g/mol. The number of anilines is 1. The van der Waals surface area contributed by atoms with Gasteiger partial charge in [0.05, 0.1) is 5.75 Å². The number of alkyl halides is 3. The molecule has 0 radical (unpaired) electrons. The van der Waals surface area contributed by atoms with Gasteiger partial charge >= 0.3 is 12.1 Å². The van der Waals surface area contributed by atoms with Crippen LogP contribution in [0.15, 0.2) is 34.1 Å². The Bertz CT molecular complexity index is 977. The van der Waals surface area contributed by atoms with Crippen molar-refractivity contribution in [3.63, 3.8) is 0 Å². The Labute approximate surface area is 180 Å². The van der Waals surface area contributed by atoms with Gasteiger partial charge in [-0.15, -0.1) is 13.2 Å². The van der Waals surface area contributed by atoms with Crippen molar-refractivity contribution in [3.8, 4) is 5.75 Å². The summed E-state index contributed by atoms with van der Waals surface area (Å²) in [6.45, 7) is 0.394. The summed E-state index contributed by atoms with van der Waals surface area (Å²) in [6, 6.07) is 4.85. The van der Waals surface area contributed by atoms with Crippen molar-refractivity contribution in [3.05, 3.63) is 46.0 Å². The molecule has 0 aliphatic heterocycles. The van der Waals surface area contributed by atoms with E-state index in [4.69, 9.17) is 5.11 Å². The molecule has 1 amide bonds. The van der Waals surface area contributed by atoms with Gasteiger partial charge in [-0.25, -0.2) is 4.79 Å². The van der Waals surface area contributed by atoms with Crippen LogP contribution in [0, 0.1) is 0 Å². The van der Waals surface area contributed by atoms with Crippen molar-refractivity contribution < 1.29 is 27.8 Å². The number of hydrogen-bond acceptors (Lipinski definition) is 6. The maximum absolute atomic E-state index is 12.4. The number of fused-ring (bicyclic) bond motifs is 1. The van der Waals surface area contributed by atoms with Crippen LogP contribution in [0.3, 0.4) is 0 Å². The zero-order valence-electron chi connectivity index (χ0n) is 16.6. The molecule has 2 aromatic rings. The first-order chi connectivity index (χ1) is 14.8. The minimum atomic E-state index is -4.78. The number of nitrogens with zero attached hydrogens (tertiary/aromatic N) is 2. The van der Waals surface area contributed by atoms with Crippen LogP contribution < -0.4 is 15.7 Å². The molecule has 11 heteroatoms. The molecular weight excluding hydrogens is 435 g/mol. The van der Waals surface area contributed by atoms with E-state index in [0.29, 0.717) is 23.7 Å². The highest BCUT2D eigenvalue weighted by molar-refractivity contribution is 8.00. The summed E-state index contributed by atoms with van der Waals surface area (Å²) >= 11 is 1.16. The van der Waals surface area contributed by atoms with E-state index in [1.165, 1.54) is 12.1 Å². The lowest BCUT2D eigenvalue weighted by molar-refractivity contribution is -0.274. The first-order valence-electron chi connectivity index (χ1n) is 9.79. The van der Waals surface area contributed by atoms with Gasteiger partial charge in [0.15, 0.2) is 0 Å². The smallest absolute Gasteiger partial charge is 0.406 e. The van der Waals surface area contributed by atoms with Gasteiger partial charge in [0.25, 0.3) is 0 Å². The van der Waals surface area contributed by atoms with Gasteiger partial charge in [-0.05, 0) is 56.4 Å². The van der Waals surface area contributed by atoms with E-state index in [-0.39, 0.29) is 24.0 Å². The maximum Gasteiger partial charge on any atom is 0.573 e. The topological polar surface area (TPSA) is 93.5 Å². The summed E-state index contributed by atoms with van der Waals surface area (Å²) in [6.07, 6.45) is -0.847. The minimum Gasteiger partial charge on any atom is -0.406 e. The molecule has 31 heavy (non-hydrogen) atoms. The van der Waals surface area contributed by atoms with Gasteiger partial charge in [0.2, 0.25) is 5.91 Å². The number of carbonyl (C=O) groups excluding carboxylic acids is 1. The SMILES string of the molecule is O=C(CSc1nc(=O)n(CCCO)c2c1CCCC2)Nc1ccc(OC(F)(F)F)cc1. The van der Waals surface area contributed by atoms with Gasteiger partial charge in [0.1, 0.15) is 10.8 Å². The van der Waals surface area contributed by atoms with E-state index in [0.717, 1.165) is 60.8 Å².